The van der Waals surface area contributed by atoms with Crippen molar-refractivity contribution in [2.24, 2.45) is 0 Å². The third-order valence-electron chi connectivity index (χ3n) is 1.70. The number of hydrogen-bond donors (Lipinski definition) is 1. The maximum atomic E-state index is 11.5. The number of rotatable bonds is 3. The number of aromatic nitrogens is 2. The van der Waals surface area contributed by atoms with Crippen molar-refractivity contribution in [1.82, 2.24) is 15.5 Å². The summed E-state index contributed by atoms with van der Waals surface area (Å²) in [6.07, 6.45) is 1.33. The summed E-state index contributed by atoms with van der Waals surface area (Å²) in [6, 6.07) is -0.377. The lowest BCUT2D eigenvalue weighted by atomic mass is 10.2. The molecular formula is C10H17N3O3S. The van der Waals surface area contributed by atoms with E-state index in [0.29, 0.717) is 11.1 Å². The molecule has 0 aromatic carbocycles. The fourth-order valence-electron chi connectivity index (χ4n) is 1.02. The van der Waals surface area contributed by atoms with Gasteiger partial charge < -0.3 is 14.5 Å². The Kier molecular flexibility index (Phi) is 4.39. The summed E-state index contributed by atoms with van der Waals surface area (Å²) in [5, 5.41) is 10.7. The minimum atomic E-state index is -0.525. The van der Waals surface area contributed by atoms with E-state index in [1.165, 1.54) is 11.8 Å². The highest BCUT2D eigenvalue weighted by molar-refractivity contribution is 7.98. The van der Waals surface area contributed by atoms with Crippen LogP contribution in [0.3, 0.4) is 0 Å². The standard InChI is InChI=1S/C10H17N3O3S/c1-6(7-12-13-9(15-7)17-5)11-8(14)16-10(2,3)4/h6H,1-5H3,(H,11,14)/t6-/m1/s1. The molecule has 0 bridgehead atoms. The van der Waals surface area contributed by atoms with Gasteiger partial charge in [-0.15, -0.1) is 10.2 Å². The Labute approximate surface area is 105 Å². The normalized spacial score (nSPS) is 13.2. The zero-order valence-electron chi connectivity index (χ0n) is 10.6. The van der Waals surface area contributed by atoms with Gasteiger partial charge in [-0.1, -0.05) is 11.8 Å². The molecule has 0 saturated carbocycles. The Balaban J connectivity index is 2.54. The van der Waals surface area contributed by atoms with Crippen LogP contribution in [0.5, 0.6) is 0 Å². The average Bonchev–Trinajstić information content (AvgIpc) is 2.62. The van der Waals surface area contributed by atoms with E-state index in [9.17, 15) is 4.79 Å². The van der Waals surface area contributed by atoms with Crippen molar-refractivity contribution in [3.8, 4) is 0 Å². The Morgan fingerprint density at radius 2 is 2.12 bits per heavy atom. The quantitative estimate of drug-likeness (QED) is 0.840. The van der Waals surface area contributed by atoms with E-state index in [4.69, 9.17) is 9.15 Å². The van der Waals surface area contributed by atoms with Crippen molar-refractivity contribution in [2.45, 2.75) is 44.6 Å². The van der Waals surface area contributed by atoms with Crippen molar-refractivity contribution in [2.75, 3.05) is 6.26 Å². The highest BCUT2D eigenvalue weighted by atomic mass is 32.2. The molecule has 0 fully saturated rings. The van der Waals surface area contributed by atoms with Crippen LogP contribution in [0.15, 0.2) is 9.64 Å². The van der Waals surface area contributed by atoms with Crippen LogP contribution in [0.25, 0.3) is 0 Å². The van der Waals surface area contributed by atoms with Gasteiger partial charge in [0.1, 0.15) is 11.6 Å². The van der Waals surface area contributed by atoms with E-state index >= 15 is 0 Å². The number of ether oxygens (including phenoxy) is 1. The smallest absolute Gasteiger partial charge is 0.408 e. The highest BCUT2D eigenvalue weighted by Gasteiger charge is 2.20. The van der Waals surface area contributed by atoms with Gasteiger partial charge in [0.05, 0.1) is 0 Å². The third-order valence-corrected chi connectivity index (χ3v) is 2.21. The predicted octanol–water partition coefficient (Wildman–Crippen LogP) is 2.38. The zero-order valence-corrected chi connectivity index (χ0v) is 11.4. The van der Waals surface area contributed by atoms with Gasteiger partial charge in [-0.2, -0.15) is 0 Å². The summed E-state index contributed by atoms with van der Waals surface area (Å²) < 4.78 is 10.4. The molecule has 0 unspecified atom stereocenters. The first-order valence-electron chi connectivity index (χ1n) is 5.18. The second-order valence-electron chi connectivity index (χ2n) is 4.48. The van der Waals surface area contributed by atoms with Crippen molar-refractivity contribution in [1.29, 1.82) is 0 Å². The molecule has 17 heavy (non-hydrogen) atoms. The Hall–Kier alpha value is -1.24. The SMILES string of the molecule is CSc1nnc([C@@H](C)NC(=O)OC(C)(C)C)o1. The van der Waals surface area contributed by atoms with Gasteiger partial charge in [0.25, 0.3) is 5.22 Å². The minimum Gasteiger partial charge on any atom is -0.444 e. The lowest BCUT2D eigenvalue weighted by Crippen LogP contribution is -2.34. The molecule has 6 nitrogen and oxygen atoms in total. The molecule has 0 aliphatic carbocycles. The second kappa shape index (κ2) is 5.39. The Morgan fingerprint density at radius 3 is 2.59 bits per heavy atom. The van der Waals surface area contributed by atoms with E-state index in [-0.39, 0.29) is 6.04 Å². The Bertz CT molecular complexity index is 386. The molecular weight excluding hydrogens is 242 g/mol. The molecule has 0 aliphatic heterocycles. The van der Waals surface area contributed by atoms with Crippen LogP contribution >= 0.6 is 11.8 Å². The zero-order chi connectivity index (χ0) is 13.1. The van der Waals surface area contributed by atoms with E-state index in [1.54, 1.807) is 27.7 Å². The fraction of sp³-hybridized carbons (Fsp3) is 0.700. The van der Waals surface area contributed by atoms with Crippen molar-refractivity contribution in [3.63, 3.8) is 0 Å². The van der Waals surface area contributed by atoms with Gasteiger partial charge in [-0.3, -0.25) is 0 Å². The monoisotopic (exact) mass is 259 g/mol. The molecule has 1 N–H and O–H groups in total. The molecule has 0 aliphatic rings. The topological polar surface area (TPSA) is 77.2 Å². The number of carbonyl (C=O) groups excluding carboxylic acids is 1. The summed E-state index contributed by atoms with van der Waals surface area (Å²) in [4.78, 5) is 11.5. The second-order valence-corrected chi connectivity index (χ2v) is 5.24. The van der Waals surface area contributed by atoms with Crippen LogP contribution in [0.1, 0.15) is 39.6 Å². The van der Waals surface area contributed by atoms with E-state index in [1.807, 2.05) is 6.26 Å². The molecule has 96 valence electrons. The number of nitrogens with one attached hydrogen (secondary N) is 1. The van der Waals surface area contributed by atoms with E-state index in [0.717, 1.165) is 0 Å². The van der Waals surface area contributed by atoms with Crippen LogP contribution in [-0.4, -0.2) is 28.1 Å². The number of carbonyl (C=O) groups is 1. The van der Waals surface area contributed by atoms with Gasteiger partial charge in [0.2, 0.25) is 5.89 Å². The van der Waals surface area contributed by atoms with Crippen LogP contribution in [0, 0.1) is 0 Å². The number of alkyl carbamates (subject to hydrolysis) is 1. The van der Waals surface area contributed by atoms with Gasteiger partial charge in [-0.25, -0.2) is 4.79 Å². The first-order chi connectivity index (χ1) is 7.81. The molecule has 1 heterocycles. The van der Waals surface area contributed by atoms with Crippen LogP contribution in [-0.2, 0) is 4.74 Å². The van der Waals surface area contributed by atoms with Gasteiger partial charge >= 0.3 is 6.09 Å². The number of hydrogen-bond acceptors (Lipinski definition) is 6. The number of nitrogens with zero attached hydrogens (tertiary/aromatic N) is 2. The first-order valence-corrected chi connectivity index (χ1v) is 6.41. The first kappa shape index (κ1) is 13.8. The molecule has 0 saturated heterocycles. The molecule has 1 amide bonds. The Morgan fingerprint density at radius 1 is 1.47 bits per heavy atom. The number of thioether (sulfide) groups is 1. The highest BCUT2D eigenvalue weighted by Crippen LogP contribution is 2.17. The lowest BCUT2D eigenvalue weighted by molar-refractivity contribution is 0.0500. The van der Waals surface area contributed by atoms with E-state index in [2.05, 4.69) is 15.5 Å². The maximum Gasteiger partial charge on any atom is 0.408 e. The molecule has 1 aromatic rings. The summed E-state index contributed by atoms with van der Waals surface area (Å²) in [5.41, 5.74) is -0.525. The summed E-state index contributed by atoms with van der Waals surface area (Å²) >= 11 is 1.35. The molecule has 0 radical (unpaired) electrons. The molecule has 1 atom stereocenters. The van der Waals surface area contributed by atoms with Crippen molar-refractivity contribution >= 4 is 17.9 Å². The third kappa shape index (κ3) is 4.64. The summed E-state index contributed by atoms with van der Waals surface area (Å²) in [6.45, 7) is 7.16. The summed E-state index contributed by atoms with van der Waals surface area (Å²) in [5.74, 6) is 0.361. The lowest BCUT2D eigenvalue weighted by Gasteiger charge is -2.20. The van der Waals surface area contributed by atoms with Crippen molar-refractivity contribution in [3.05, 3.63) is 5.89 Å². The van der Waals surface area contributed by atoms with Crippen LogP contribution in [0.4, 0.5) is 4.79 Å². The minimum absolute atomic E-state index is 0.361. The average molecular weight is 259 g/mol. The maximum absolute atomic E-state index is 11.5. The molecule has 0 spiro atoms. The number of amides is 1. The predicted molar refractivity (Wildman–Crippen MR) is 63.9 cm³/mol. The van der Waals surface area contributed by atoms with Gasteiger partial charge in [-0.05, 0) is 34.0 Å². The molecule has 7 heteroatoms. The van der Waals surface area contributed by atoms with Crippen LogP contribution < -0.4 is 5.32 Å². The molecule has 1 aromatic heterocycles. The van der Waals surface area contributed by atoms with Gasteiger partial charge in [0, 0.05) is 0 Å². The summed E-state index contributed by atoms with van der Waals surface area (Å²) in [7, 11) is 0. The largest absolute Gasteiger partial charge is 0.444 e. The van der Waals surface area contributed by atoms with Crippen molar-refractivity contribution < 1.29 is 13.9 Å². The molecule has 1 rings (SSSR count). The van der Waals surface area contributed by atoms with Gasteiger partial charge in [0.15, 0.2) is 0 Å². The van der Waals surface area contributed by atoms with E-state index < -0.39 is 11.7 Å². The van der Waals surface area contributed by atoms with Crippen LogP contribution in [0.2, 0.25) is 0 Å². The fourth-order valence-corrected chi connectivity index (χ4v) is 1.32.